The lowest BCUT2D eigenvalue weighted by atomic mass is 10.0. The molecule has 1 rings (SSSR count). The van der Waals surface area contributed by atoms with Gasteiger partial charge < -0.3 is 9.47 Å². The summed E-state index contributed by atoms with van der Waals surface area (Å²) in [7, 11) is 0. The van der Waals surface area contributed by atoms with Crippen LogP contribution in [0, 0.1) is 0 Å². The van der Waals surface area contributed by atoms with E-state index in [0.717, 1.165) is 19.1 Å². The molecule has 0 amide bonds. The van der Waals surface area contributed by atoms with Gasteiger partial charge in [-0.3, -0.25) is 4.79 Å². The number of rotatable bonds is 19. The largest absolute Gasteiger partial charge is 0.435 e. The minimum absolute atomic E-state index is 0.148. The van der Waals surface area contributed by atoms with E-state index in [1.54, 1.807) is 24.3 Å². The Morgan fingerprint density at radius 3 is 1.52 bits per heavy atom. The third-order valence-corrected chi connectivity index (χ3v) is 5.40. The molecule has 0 heterocycles. The molecule has 0 saturated carbocycles. The van der Waals surface area contributed by atoms with Crippen LogP contribution in [0.25, 0.3) is 0 Å². The average Bonchev–Trinajstić information content (AvgIpc) is 2.83. The van der Waals surface area contributed by atoms with Crippen LogP contribution in [0.5, 0.6) is 0 Å². The zero-order chi connectivity index (χ0) is 24.4. The first-order valence-electron chi connectivity index (χ1n) is 12.8. The molecule has 0 N–H and O–H groups in total. The summed E-state index contributed by atoms with van der Waals surface area (Å²) < 4.78 is 9.24. The summed E-state index contributed by atoms with van der Waals surface area (Å²) in [5.74, 6) is -0.523. The Morgan fingerprint density at radius 1 is 0.667 bits per heavy atom. The molecule has 0 aliphatic carbocycles. The molecule has 0 spiro atoms. The second-order valence-corrected chi connectivity index (χ2v) is 8.29. The maximum atomic E-state index is 11.1. The van der Waals surface area contributed by atoms with Gasteiger partial charge in [0.1, 0.15) is 0 Å². The van der Waals surface area contributed by atoms with Crippen LogP contribution in [0.2, 0.25) is 0 Å². The first-order valence-corrected chi connectivity index (χ1v) is 12.8. The van der Waals surface area contributed by atoms with E-state index in [0.29, 0.717) is 12.0 Å². The summed E-state index contributed by atoms with van der Waals surface area (Å²) in [4.78, 5) is 22.0. The van der Waals surface area contributed by atoms with Crippen molar-refractivity contribution in [3.63, 3.8) is 0 Å². The quantitative estimate of drug-likeness (QED) is 0.118. The summed E-state index contributed by atoms with van der Waals surface area (Å²) in [5.41, 5.74) is 0.535. The van der Waals surface area contributed by atoms with E-state index in [-0.39, 0.29) is 11.9 Å². The number of ether oxygens (including phenoxy) is 2. The minimum Gasteiger partial charge on any atom is -0.435 e. The molecule has 0 atom stereocenters. The highest BCUT2D eigenvalue weighted by Crippen LogP contribution is 2.13. The number of carbonyl (C=O) groups is 2. The number of unbranched alkanes of at least 4 members (excludes halogenated alkanes) is 14. The maximum Gasteiger partial charge on any atom is 0.342 e. The SMILES string of the molecule is C=COC(=O)CCCCCCCCCCCCCCCCC.C=COC(=O)c1ccccc1. The second-order valence-electron chi connectivity index (χ2n) is 8.29. The van der Waals surface area contributed by atoms with Crippen molar-refractivity contribution >= 4 is 11.9 Å². The number of esters is 2. The Hall–Kier alpha value is -2.36. The molecule has 186 valence electrons. The van der Waals surface area contributed by atoms with Crippen LogP contribution in [-0.4, -0.2) is 11.9 Å². The van der Waals surface area contributed by atoms with Gasteiger partial charge in [-0.05, 0) is 18.6 Å². The molecule has 0 aromatic heterocycles. The molecule has 0 aliphatic rings. The Bertz CT molecular complexity index is 609. The number of carbonyl (C=O) groups excluding carboxylic acids is 2. The summed E-state index contributed by atoms with van der Waals surface area (Å²) in [6.07, 6.45) is 23.0. The highest BCUT2D eigenvalue weighted by Gasteiger charge is 2.02. The third kappa shape index (κ3) is 21.3. The normalized spacial score (nSPS) is 9.97. The van der Waals surface area contributed by atoms with E-state index >= 15 is 0 Å². The zero-order valence-corrected chi connectivity index (χ0v) is 20.9. The first kappa shape index (κ1) is 30.6. The smallest absolute Gasteiger partial charge is 0.342 e. The molecule has 1 aromatic rings. The summed E-state index contributed by atoms with van der Waals surface area (Å²) >= 11 is 0. The van der Waals surface area contributed by atoms with Gasteiger partial charge in [0, 0.05) is 6.42 Å². The standard InChI is InChI=1S/C20H38O2.C9H8O2/c1-3-5-6-7-8-9-10-11-12-13-14-15-16-17-18-19-20(21)22-4-2;1-2-11-9(10)8-6-4-3-5-7-8/h4H,2-3,5-19H2,1H3;2-7H,1H2. The maximum absolute atomic E-state index is 11.1. The molecular weight excluding hydrogens is 412 g/mol. The fraction of sp³-hybridized carbons (Fsp3) is 0.586. The number of hydrogen-bond donors (Lipinski definition) is 0. The second kappa shape index (κ2) is 24.3. The van der Waals surface area contributed by atoms with Crippen molar-refractivity contribution < 1.29 is 19.1 Å². The number of benzene rings is 1. The molecule has 0 bridgehead atoms. The van der Waals surface area contributed by atoms with Crippen molar-refractivity contribution in [1.29, 1.82) is 0 Å². The Morgan fingerprint density at radius 2 is 1.09 bits per heavy atom. The van der Waals surface area contributed by atoms with Crippen LogP contribution >= 0.6 is 0 Å². The van der Waals surface area contributed by atoms with Gasteiger partial charge in [-0.25, -0.2) is 4.79 Å². The first-order chi connectivity index (χ1) is 16.2. The Labute approximate surface area is 202 Å². The van der Waals surface area contributed by atoms with Crippen molar-refractivity contribution in [2.45, 2.75) is 110 Å². The lowest BCUT2D eigenvalue weighted by molar-refractivity contribution is -0.138. The third-order valence-electron chi connectivity index (χ3n) is 5.40. The molecule has 0 fully saturated rings. The van der Waals surface area contributed by atoms with Crippen molar-refractivity contribution in [3.8, 4) is 0 Å². The topological polar surface area (TPSA) is 52.6 Å². The average molecular weight is 459 g/mol. The van der Waals surface area contributed by atoms with Crippen molar-refractivity contribution in [3.05, 3.63) is 61.6 Å². The van der Waals surface area contributed by atoms with Gasteiger partial charge in [-0.1, -0.05) is 128 Å². The number of hydrogen-bond acceptors (Lipinski definition) is 4. The highest BCUT2D eigenvalue weighted by molar-refractivity contribution is 5.89. The summed E-state index contributed by atoms with van der Waals surface area (Å²) in [5, 5.41) is 0. The molecule has 0 saturated heterocycles. The minimum atomic E-state index is -0.374. The molecule has 0 radical (unpaired) electrons. The van der Waals surface area contributed by atoms with Crippen LogP contribution in [0.3, 0.4) is 0 Å². The van der Waals surface area contributed by atoms with Crippen LogP contribution in [-0.2, 0) is 14.3 Å². The van der Waals surface area contributed by atoms with Crippen LogP contribution in [0.1, 0.15) is 120 Å². The Balaban J connectivity index is 0.000000771. The zero-order valence-electron chi connectivity index (χ0n) is 20.9. The molecule has 0 unspecified atom stereocenters. The highest BCUT2D eigenvalue weighted by atomic mass is 16.5. The van der Waals surface area contributed by atoms with Crippen LogP contribution in [0.15, 0.2) is 56.0 Å². The molecular formula is C29H46O4. The predicted octanol–water partition coefficient (Wildman–Crippen LogP) is 8.92. The van der Waals surface area contributed by atoms with Crippen molar-refractivity contribution in [1.82, 2.24) is 0 Å². The molecule has 1 aromatic carbocycles. The van der Waals surface area contributed by atoms with Crippen LogP contribution in [0.4, 0.5) is 0 Å². The monoisotopic (exact) mass is 458 g/mol. The van der Waals surface area contributed by atoms with Gasteiger partial charge >= 0.3 is 11.9 Å². The summed E-state index contributed by atoms with van der Waals surface area (Å²) in [6.45, 7) is 8.94. The van der Waals surface area contributed by atoms with Gasteiger partial charge in [0.15, 0.2) is 0 Å². The molecule has 0 aliphatic heterocycles. The van der Waals surface area contributed by atoms with Gasteiger partial charge in [-0.15, -0.1) is 0 Å². The van der Waals surface area contributed by atoms with E-state index in [1.807, 2.05) is 6.07 Å². The summed E-state index contributed by atoms with van der Waals surface area (Å²) in [6, 6.07) is 8.77. The lowest BCUT2D eigenvalue weighted by Crippen LogP contribution is -1.98. The molecule has 33 heavy (non-hydrogen) atoms. The Kier molecular flexibility index (Phi) is 22.5. The van der Waals surface area contributed by atoms with Crippen LogP contribution < -0.4 is 0 Å². The van der Waals surface area contributed by atoms with Gasteiger partial charge in [0.2, 0.25) is 0 Å². The van der Waals surface area contributed by atoms with E-state index in [1.165, 1.54) is 89.7 Å². The van der Waals surface area contributed by atoms with Gasteiger partial charge in [-0.2, -0.15) is 0 Å². The fourth-order valence-electron chi connectivity index (χ4n) is 3.51. The van der Waals surface area contributed by atoms with E-state index < -0.39 is 0 Å². The molecule has 4 heteroatoms. The lowest BCUT2D eigenvalue weighted by Gasteiger charge is -2.03. The van der Waals surface area contributed by atoms with Gasteiger partial charge in [0.05, 0.1) is 18.1 Å². The van der Waals surface area contributed by atoms with E-state index in [9.17, 15) is 9.59 Å². The predicted molar refractivity (Wildman–Crippen MR) is 138 cm³/mol. The van der Waals surface area contributed by atoms with E-state index in [2.05, 4.69) is 29.6 Å². The fourth-order valence-corrected chi connectivity index (χ4v) is 3.51. The van der Waals surface area contributed by atoms with Crippen molar-refractivity contribution in [2.75, 3.05) is 0 Å². The van der Waals surface area contributed by atoms with Gasteiger partial charge in [0.25, 0.3) is 0 Å². The van der Waals surface area contributed by atoms with Crippen molar-refractivity contribution in [2.24, 2.45) is 0 Å². The molecule has 4 nitrogen and oxygen atoms in total. The van der Waals surface area contributed by atoms with E-state index in [4.69, 9.17) is 0 Å².